The molecule has 1 atom stereocenters. The van der Waals surface area contributed by atoms with Crippen molar-refractivity contribution in [3.63, 3.8) is 0 Å². The molecule has 19 nitrogen and oxygen atoms in total. The molecular formula is C46H46N14O5. The van der Waals surface area contributed by atoms with Crippen LogP contribution in [0.25, 0.3) is 28.2 Å². The fraction of sp³-hybridized carbons (Fsp3) is 0.261. The highest BCUT2D eigenvalue weighted by atomic mass is 16.5. The highest BCUT2D eigenvalue weighted by molar-refractivity contribution is 6.22. The van der Waals surface area contributed by atoms with Crippen LogP contribution in [0.3, 0.4) is 0 Å². The highest BCUT2D eigenvalue weighted by Crippen LogP contribution is 2.27. The first kappa shape index (κ1) is 42.1. The average Bonchev–Trinajstić information content (AvgIpc) is 4.20. The third-order valence-electron chi connectivity index (χ3n) is 11.5. The highest BCUT2D eigenvalue weighted by Gasteiger charge is 2.37. The van der Waals surface area contributed by atoms with Crippen molar-refractivity contribution in [3.8, 4) is 17.1 Å². The molecule has 0 saturated carbocycles. The summed E-state index contributed by atoms with van der Waals surface area (Å²) < 4.78 is 10.4. The van der Waals surface area contributed by atoms with E-state index in [9.17, 15) is 19.2 Å². The van der Waals surface area contributed by atoms with Crippen LogP contribution in [0.4, 0.5) is 0 Å². The van der Waals surface area contributed by atoms with E-state index in [0.29, 0.717) is 58.5 Å². The SMILES string of the molecule is CCOc1nn2[nH]c(CCN3C(=O)c4ccccc4C3=O)nc2c1C.Cc1[nH]n2nc(C(C)CN3C(=O)c4ccccc4C3=O)nc2c1C.Cc1nc2c(C)c(-c3ccccc3)[nH]n2n1. The molecule has 0 fully saturated rings. The molecule has 330 valence electrons. The fourth-order valence-electron chi connectivity index (χ4n) is 7.95. The molecule has 2 aliphatic heterocycles. The maximum Gasteiger partial charge on any atom is 0.261 e. The van der Waals surface area contributed by atoms with Gasteiger partial charge in [-0.15, -0.1) is 15.3 Å². The Labute approximate surface area is 371 Å². The number of nitrogens with one attached hydrogen (secondary N) is 3. The number of rotatable bonds is 9. The van der Waals surface area contributed by atoms with E-state index < -0.39 is 0 Å². The Morgan fingerprint density at radius 3 is 1.69 bits per heavy atom. The summed E-state index contributed by atoms with van der Waals surface area (Å²) in [4.78, 5) is 65.6. The number of benzene rings is 3. The second kappa shape index (κ2) is 16.8. The Hall–Kier alpha value is -8.22. The van der Waals surface area contributed by atoms with Gasteiger partial charge in [0.25, 0.3) is 23.6 Å². The number of nitrogens with zero attached hydrogens (tertiary/aromatic N) is 11. The van der Waals surface area contributed by atoms with Crippen LogP contribution in [0.1, 0.15) is 101 Å². The first-order valence-electron chi connectivity index (χ1n) is 21.2. The van der Waals surface area contributed by atoms with E-state index in [1.54, 1.807) is 62.4 Å². The van der Waals surface area contributed by atoms with Gasteiger partial charge in [0.2, 0.25) is 5.88 Å². The molecule has 0 radical (unpaired) electrons. The number of carbonyl (C=O) groups is 4. The largest absolute Gasteiger partial charge is 0.477 e. The Kier molecular flexibility index (Phi) is 10.9. The molecule has 0 saturated heterocycles. The van der Waals surface area contributed by atoms with Crippen LogP contribution in [0.2, 0.25) is 0 Å². The Bertz CT molecular complexity index is 3220. The van der Waals surface area contributed by atoms with Crippen LogP contribution in [-0.4, -0.2) is 113 Å². The molecule has 19 heteroatoms. The zero-order chi connectivity index (χ0) is 45.7. The minimum atomic E-state index is -0.258. The van der Waals surface area contributed by atoms with Crippen molar-refractivity contribution >= 4 is 40.6 Å². The zero-order valence-corrected chi connectivity index (χ0v) is 36.9. The Morgan fingerprint density at radius 2 is 1.12 bits per heavy atom. The number of fused-ring (bicyclic) bond motifs is 5. The summed E-state index contributed by atoms with van der Waals surface area (Å²) in [6.45, 7) is 14.7. The zero-order valence-electron chi connectivity index (χ0n) is 36.9. The number of aryl methyl sites for hydroxylation is 5. The van der Waals surface area contributed by atoms with E-state index in [4.69, 9.17) is 4.74 Å². The quantitative estimate of drug-likeness (QED) is 0.142. The summed E-state index contributed by atoms with van der Waals surface area (Å²) in [5.74, 6) is 1.44. The lowest BCUT2D eigenvalue weighted by Crippen LogP contribution is -2.33. The molecule has 6 aromatic heterocycles. The lowest BCUT2D eigenvalue weighted by atomic mass is 10.1. The number of H-pyrrole nitrogens is 3. The standard InChI is InChI=1S/C17H17N5O3.C17H17N5O2.C12H12N4/c1-3-25-15-10(2)14-18-13(19-22(14)20-15)8-9-21-16(23)11-6-4-5-7-12(11)17(21)24;1-9(14-18-15-10(2)11(3)19-22(15)20-14)8-21-16(23)12-6-4-5-7-13(12)17(21)24;1-8-11(10-6-4-3-5-7-10)15-16-12(8)13-9(2)14-16/h4-7H,3,8-9H2,1-2H3,(H,18,19);4-7,9,19H,8H2,1-3H3;3-7,15H,1-2H3. The number of amides is 4. The molecule has 0 spiro atoms. The van der Waals surface area contributed by atoms with Crippen LogP contribution >= 0.6 is 0 Å². The van der Waals surface area contributed by atoms with Gasteiger partial charge in [-0.2, -0.15) is 13.9 Å². The normalized spacial score (nSPS) is 13.7. The second-order valence-corrected chi connectivity index (χ2v) is 15.9. The van der Waals surface area contributed by atoms with Gasteiger partial charge in [0.15, 0.2) is 22.8 Å². The lowest BCUT2D eigenvalue weighted by molar-refractivity contribution is 0.0634. The van der Waals surface area contributed by atoms with Crippen molar-refractivity contribution in [1.29, 1.82) is 0 Å². The number of aromatic amines is 3. The molecule has 2 aliphatic rings. The van der Waals surface area contributed by atoms with Crippen LogP contribution in [0, 0.1) is 34.6 Å². The van der Waals surface area contributed by atoms with E-state index in [-0.39, 0.29) is 42.6 Å². The van der Waals surface area contributed by atoms with Gasteiger partial charge in [-0.25, -0.2) is 15.0 Å². The smallest absolute Gasteiger partial charge is 0.261 e. The number of ether oxygens (including phenoxy) is 1. The molecule has 4 amide bonds. The van der Waals surface area contributed by atoms with Gasteiger partial charge < -0.3 is 4.74 Å². The minimum Gasteiger partial charge on any atom is -0.477 e. The molecule has 1 unspecified atom stereocenters. The Balaban J connectivity index is 0.000000126. The van der Waals surface area contributed by atoms with Crippen LogP contribution in [-0.2, 0) is 6.42 Å². The summed E-state index contributed by atoms with van der Waals surface area (Å²) in [6, 6.07) is 24.0. The molecule has 0 aliphatic carbocycles. The second-order valence-electron chi connectivity index (χ2n) is 15.9. The van der Waals surface area contributed by atoms with Crippen molar-refractivity contribution in [2.75, 3.05) is 19.7 Å². The van der Waals surface area contributed by atoms with Crippen molar-refractivity contribution in [3.05, 3.63) is 141 Å². The van der Waals surface area contributed by atoms with Crippen LogP contribution in [0.5, 0.6) is 5.88 Å². The van der Waals surface area contributed by atoms with Gasteiger partial charge in [-0.1, -0.05) is 61.5 Å². The predicted octanol–water partition coefficient (Wildman–Crippen LogP) is 6.02. The molecule has 65 heavy (non-hydrogen) atoms. The predicted molar refractivity (Wildman–Crippen MR) is 238 cm³/mol. The number of carbonyl (C=O) groups excluding carboxylic acids is 4. The summed E-state index contributed by atoms with van der Waals surface area (Å²) in [5, 5.41) is 22.4. The number of aromatic nitrogens is 12. The molecule has 9 aromatic rings. The van der Waals surface area contributed by atoms with E-state index in [2.05, 4.69) is 64.6 Å². The number of hydrogen-bond acceptors (Lipinski definition) is 11. The third-order valence-corrected chi connectivity index (χ3v) is 11.5. The lowest BCUT2D eigenvalue weighted by Gasteiger charge is -2.17. The average molecular weight is 875 g/mol. The maximum atomic E-state index is 12.4. The van der Waals surface area contributed by atoms with Gasteiger partial charge >= 0.3 is 0 Å². The topological polar surface area (TPSA) is 222 Å². The summed E-state index contributed by atoms with van der Waals surface area (Å²) >= 11 is 0. The molecule has 8 heterocycles. The third kappa shape index (κ3) is 7.59. The number of imide groups is 2. The van der Waals surface area contributed by atoms with Gasteiger partial charge in [-0.05, 0) is 71.4 Å². The molecule has 0 bridgehead atoms. The van der Waals surface area contributed by atoms with E-state index >= 15 is 0 Å². The summed E-state index contributed by atoms with van der Waals surface area (Å²) in [6.07, 6.45) is 0.429. The minimum absolute atomic E-state index is 0.153. The van der Waals surface area contributed by atoms with Gasteiger partial charge in [0, 0.05) is 42.2 Å². The first-order valence-corrected chi connectivity index (χ1v) is 21.2. The van der Waals surface area contributed by atoms with Gasteiger partial charge in [0.1, 0.15) is 11.6 Å². The van der Waals surface area contributed by atoms with Crippen molar-refractivity contribution < 1.29 is 23.9 Å². The molecule has 3 aromatic carbocycles. The van der Waals surface area contributed by atoms with Gasteiger partial charge in [0.05, 0.1) is 40.1 Å². The molecule has 3 N–H and O–H groups in total. The van der Waals surface area contributed by atoms with Crippen molar-refractivity contribution in [2.24, 2.45) is 0 Å². The molecule has 11 rings (SSSR count). The fourth-order valence-corrected chi connectivity index (χ4v) is 7.95. The summed E-state index contributed by atoms with van der Waals surface area (Å²) in [7, 11) is 0. The van der Waals surface area contributed by atoms with E-state index in [0.717, 1.165) is 50.8 Å². The van der Waals surface area contributed by atoms with Crippen LogP contribution < -0.4 is 4.74 Å². The number of hydrogen-bond donors (Lipinski definition) is 3. The monoisotopic (exact) mass is 874 g/mol. The first-order chi connectivity index (χ1) is 31.3. The van der Waals surface area contributed by atoms with Crippen LogP contribution in [0.15, 0.2) is 78.9 Å². The van der Waals surface area contributed by atoms with Crippen molar-refractivity contribution in [1.82, 2.24) is 69.2 Å². The maximum absolute atomic E-state index is 12.4. The van der Waals surface area contributed by atoms with E-state index in [1.807, 2.05) is 59.7 Å². The Morgan fingerprint density at radius 1 is 0.585 bits per heavy atom. The molecular weight excluding hydrogens is 829 g/mol. The van der Waals surface area contributed by atoms with Gasteiger partial charge in [-0.3, -0.25) is 44.3 Å². The van der Waals surface area contributed by atoms with Crippen molar-refractivity contribution in [2.45, 2.75) is 60.8 Å². The van der Waals surface area contributed by atoms with E-state index in [1.165, 1.54) is 9.80 Å². The summed E-state index contributed by atoms with van der Waals surface area (Å²) in [5.41, 5.74) is 10.5.